The van der Waals surface area contributed by atoms with Crippen molar-refractivity contribution in [1.82, 2.24) is 5.32 Å². The maximum Gasteiger partial charge on any atom is 0.416 e. The molecule has 22 heavy (non-hydrogen) atoms. The van der Waals surface area contributed by atoms with E-state index in [1.54, 1.807) is 6.07 Å². The van der Waals surface area contributed by atoms with Crippen LogP contribution in [0.15, 0.2) is 42.5 Å². The minimum atomic E-state index is -4.31. The summed E-state index contributed by atoms with van der Waals surface area (Å²) < 4.78 is 38.6. The van der Waals surface area contributed by atoms with Gasteiger partial charge in [0.15, 0.2) is 0 Å². The lowest BCUT2D eigenvalue weighted by atomic mass is 9.89. The first-order valence-electron chi connectivity index (χ1n) is 7.53. The molecule has 1 aliphatic heterocycles. The highest BCUT2D eigenvalue weighted by atomic mass is 19.4. The molecule has 1 unspecified atom stereocenters. The Morgan fingerprint density at radius 1 is 1.09 bits per heavy atom. The van der Waals surface area contributed by atoms with Gasteiger partial charge in [0.2, 0.25) is 0 Å². The van der Waals surface area contributed by atoms with E-state index in [1.807, 2.05) is 12.1 Å². The Balaban J connectivity index is 2.03. The summed E-state index contributed by atoms with van der Waals surface area (Å²) in [6.07, 6.45) is -2.37. The fourth-order valence-corrected chi connectivity index (χ4v) is 3.06. The van der Waals surface area contributed by atoms with Gasteiger partial charge in [-0.1, -0.05) is 31.2 Å². The van der Waals surface area contributed by atoms with Crippen molar-refractivity contribution in [3.05, 3.63) is 59.2 Å². The first-order chi connectivity index (χ1) is 10.5. The molecular weight excluding hydrogens is 287 g/mol. The van der Waals surface area contributed by atoms with Crippen molar-refractivity contribution < 1.29 is 13.2 Å². The summed E-state index contributed by atoms with van der Waals surface area (Å²) in [5.41, 5.74) is 3.35. The Bertz CT molecular complexity index is 676. The van der Waals surface area contributed by atoms with Gasteiger partial charge in [-0.15, -0.1) is 0 Å². The average molecular weight is 305 g/mol. The molecule has 0 amide bonds. The first kappa shape index (κ1) is 15.1. The van der Waals surface area contributed by atoms with Crippen LogP contribution in [0.3, 0.4) is 0 Å². The molecule has 0 spiro atoms. The molecule has 2 aromatic carbocycles. The fraction of sp³-hybridized carbons (Fsp3) is 0.333. The van der Waals surface area contributed by atoms with Crippen molar-refractivity contribution in [2.24, 2.45) is 0 Å². The van der Waals surface area contributed by atoms with Gasteiger partial charge < -0.3 is 5.32 Å². The van der Waals surface area contributed by atoms with Gasteiger partial charge in [-0.2, -0.15) is 13.2 Å². The van der Waals surface area contributed by atoms with Gasteiger partial charge in [-0.3, -0.25) is 0 Å². The highest BCUT2D eigenvalue weighted by molar-refractivity contribution is 5.66. The highest BCUT2D eigenvalue weighted by Gasteiger charge is 2.30. The molecule has 1 aliphatic rings. The van der Waals surface area contributed by atoms with Crippen LogP contribution in [0.5, 0.6) is 0 Å². The van der Waals surface area contributed by atoms with Crippen molar-refractivity contribution >= 4 is 0 Å². The molecule has 116 valence electrons. The third-order valence-electron chi connectivity index (χ3n) is 4.24. The van der Waals surface area contributed by atoms with Crippen molar-refractivity contribution in [3.63, 3.8) is 0 Å². The first-order valence-corrected chi connectivity index (χ1v) is 7.53. The summed E-state index contributed by atoms with van der Waals surface area (Å²) in [7, 11) is 0. The molecule has 0 aromatic heterocycles. The van der Waals surface area contributed by atoms with E-state index in [9.17, 15) is 13.2 Å². The predicted molar refractivity (Wildman–Crippen MR) is 81.6 cm³/mol. The number of fused-ring (bicyclic) bond motifs is 1. The minimum Gasteiger partial charge on any atom is -0.310 e. The standard InChI is InChI=1S/C18H18F3N/c1-2-17-16-11-14(7-6-12(16)8-9-22-17)13-4-3-5-15(10-13)18(19,20)21/h3-7,10-11,17,22H,2,8-9H2,1H3. The Morgan fingerprint density at radius 2 is 1.86 bits per heavy atom. The lowest BCUT2D eigenvalue weighted by Gasteiger charge is -2.26. The van der Waals surface area contributed by atoms with Gasteiger partial charge in [0.25, 0.3) is 0 Å². The van der Waals surface area contributed by atoms with Gasteiger partial charge in [0, 0.05) is 6.04 Å². The lowest BCUT2D eigenvalue weighted by molar-refractivity contribution is -0.137. The number of hydrogen-bond acceptors (Lipinski definition) is 1. The maximum absolute atomic E-state index is 12.9. The van der Waals surface area contributed by atoms with E-state index in [-0.39, 0.29) is 6.04 Å². The van der Waals surface area contributed by atoms with E-state index in [1.165, 1.54) is 23.3 Å². The van der Waals surface area contributed by atoms with Gasteiger partial charge >= 0.3 is 6.18 Å². The third kappa shape index (κ3) is 2.88. The van der Waals surface area contributed by atoms with E-state index >= 15 is 0 Å². The number of nitrogens with one attached hydrogen (secondary N) is 1. The molecule has 0 fully saturated rings. The number of benzene rings is 2. The zero-order valence-electron chi connectivity index (χ0n) is 12.4. The van der Waals surface area contributed by atoms with Crippen molar-refractivity contribution in [2.75, 3.05) is 6.54 Å². The Morgan fingerprint density at radius 3 is 2.59 bits per heavy atom. The Kier molecular flexibility index (Phi) is 3.96. The lowest BCUT2D eigenvalue weighted by Crippen LogP contribution is -2.29. The highest BCUT2D eigenvalue weighted by Crippen LogP contribution is 2.34. The summed E-state index contributed by atoms with van der Waals surface area (Å²) in [5, 5.41) is 3.46. The summed E-state index contributed by atoms with van der Waals surface area (Å²) in [6, 6.07) is 11.8. The van der Waals surface area contributed by atoms with Crippen LogP contribution in [0, 0.1) is 0 Å². The molecule has 0 saturated carbocycles. The SMILES string of the molecule is CCC1NCCc2ccc(-c3cccc(C(F)(F)F)c3)cc21. The second kappa shape index (κ2) is 5.76. The van der Waals surface area contributed by atoms with Crippen molar-refractivity contribution in [2.45, 2.75) is 32.0 Å². The molecule has 1 nitrogen and oxygen atoms in total. The molecule has 0 radical (unpaired) electrons. The normalized spacial score (nSPS) is 18.1. The molecule has 0 aliphatic carbocycles. The Labute approximate surface area is 128 Å². The van der Waals surface area contributed by atoms with Gasteiger partial charge in [-0.05, 0) is 59.8 Å². The average Bonchev–Trinajstić information content (AvgIpc) is 2.53. The van der Waals surface area contributed by atoms with Crippen LogP contribution in [-0.4, -0.2) is 6.54 Å². The zero-order chi connectivity index (χ0) is 15.7. The molecule has 3 rings (SSSR count). The largest absolute Gasteiger partial charge is 0.416 e. The molecule has 4 heteroatoms. The summed E-state index contributed by atoms with van der Waals surface area (Å²) in [4.78, 5) is 0. The maximum atomic E-state index is 12.9. The van der Waals surface area contributed by atoms with E-state index in [0.717, 1.165) is 31.0 Å². The smallest absolute Gasteiger partial charge is 0.310 e. The predicted octanol–water partition coefficient (Wildman–Crippen LogP) is 4.97. The van der Waals surface area contributed by atoms with E-state index < -0.39 is 11.7 Å². The van der Waals surface area contributed by atoms with E-state index in [0.29, 0.717) is 5.56 Å². The molecule has 0 bridgehead atoms. The fourth-order valence-electron chi connectivity index (χ4n) is 3.06. The molecule has 1 N–H and O–H groups in total. The quantitative estimate of drug-likeness (QED) is 0.826. The molecule has 1 atom stereocenters. The van der Waals surface area contributed by atoms with Crippen LogP contribution >= 0.6 is 0 Å². The van der Waals surface area contributed by atoms with Crippen LogP contribution in [0.1, 0.15) is 36.1 Å². The monoisotopic (exact) mass is 305 g/mol. The molecule has 1 heterocycles. The van der Waals surface area contributed by atoms with Crippen LogP contribution in [0.2, 0.25) is 0 Å². The Hall–Kier alpha value is -1.81. The van der Waals surface area contributed by atoms with Crippen LogP contribution in [0.25, 0.3) is 11.1 Å². The van der Waals surface area contributed by atoms with Crippen molar-refractivity contribution in [3.8, 4) is 11.1 Å². The van der Waals surface area contributed by atoms with Crippen molar-refractivity contribution in [1.29, 1.82) is 0 Å². The van der Waals surface area contributed by atoms with Gasteiger partial charge in [-0.25, -0.2) is 0 Å². The van der Waals surface area contributed by atoms with E-state index in [2.05, 4.69) is 18.3 Å². The third-order valence-corrected chi connectivity index (χ3v) is 4.24. The summed E-state index contributed by atoms with van der Waals surface area (Å²) in [5.74, 6) is 0. The second-order valence-electron chi connectivity index (χ2n) is 5.66. The number of alkyl halides is 3. The number of rotatable bonds is 2. The van der Waals surface area contributed by atoms with Gasteiger partial charge in [0.1, 0.15) is 0 Å². The number of halogens is 3. The topological polar surface area (TPSA) is 12.0 Å². The molecule has 0 saturated heterocycles. The zero-order valence-corrected chi connectivity index (χ0v) is 12.4. The van der Waals surface area contributed by atoms with Crippen LogP contribution in [-0.2, 0) is 12.6 Å². The van der Waals surface area contributed by atoms with Crippen LogP contribution in [0.4, 0.5) is 13.2 Å². The molecular formula is C18H18F3N. The second-order valence-corrected chi connectivity index (χ2v) is 5.66. The van der Waals surface area contributed by atoms with E-state index in [4.69, 9.17) is 0 Å². The summed E-state index contributed by atoms with van der Waals surface area (Å²) >= 11 is 0. The van der Waals surface area contributed by atoms with Crippen LogP contribution < -0.4 is 5.32 Å². The number of hydrogen-bond donors (Lipinski definition) is 1. The van der Waals surface area contributed by atoms with Gasteiger partial charge in [0.05, 0.1) is 5.56 Å². The minimum absolute atomic E-state index is 0.287. The molecule has 2 aromatic rings. The summed E-state index contributed by atoms with van der Waals surface area (Å²) in [6.45, 7) is 3.07.